The molecule has 1 atom stereocenters. The molecule has 4 aromatic rings. The Bertz CT molecular complexity index is 1170. The minimum absolute atomic E-state index is 0.0535. The summed E-state index contributed by atoms with van der Waals surface area (Å²) in [7, 11) is 1.87. The number of nitrogens with one attached hydrogen (secondary N) is 1. The fourth-order valence-corrected chi connectivity index (χ4v) is 3.81. The lowest BCUT2D eigenvalue weighted by atomic mass is 10.1. The van der Waals surface area contributed by atoms with E-state index in [0.29, 0.717) is 6.54 Å². The quantitative estimate of drug-likeness (QED) is 0.474. The molecule has 1 aromatic carbocycles. The number of halogens is 2. The first-order valence-corrected chi connectivity index (χ1v) is 10.1. The van der Waals surface area contributed by atoms with Gasteiger partial charge in [0.05, 0.1) is 12.7 Å². The van der Waals surface area contributed by atoms with Gasteiger partial charge in [-0.2, -0.15) is 5.10 Å². The van der Waals surface area contributed by atoms with E-state index in [1.54, 1.807) is 12.5 Å². The lowest BCUT2D eigenvalue weighted by Crippen LogP contribution is -2.18. The van der Waals surface area contributed by atoms with Gasteiger partial charge in [-0.15, -0.1) is 10.2 Å². The van der Waals surface area contributed by atoms with Crippen LogP contribution in [0.2, 0.25) is 0 Å². The molecule has 156 valence electrons. The lowest BCUT2D eigenvalue weighted by molar-refractivity contribution is 0.405. The zero-order chi connectivity index (χ0) is 21.3. The molecule has 0 aliphatic heterocycles. The van der Waals surface area contributed by atoms with Crippen LogP contribution in [0.5, 0.6) is 0 Å². The van der Waals surface area contributed by atoms with Crippen molar-refractivity contribution in [3.8, 4) is 5.69 Å². The number of aromatic nitrogens is 5. The molecule has 3 heterocycles. The normalized spacial score (nSPS) is 12.4. The number of rotatable bonds is 7. The predicted octanol–water partition coefficient (Wildman–Crippen LogP) is 4.18. The third-order valence-corrected chi connectivity index (χ3v) is 5.71. The Morgan fingerprint density at radius 2 is 2.07 bits per heavy atom. The van der Waals surface area contributed by atoms with Crippen LogP contribution >= 0.6 is 11.8 Å². The summed E-state index contributed by atoms with van der Waals surface area (Å²) in [5.74, 6) is -0.496. The Labute approximate surface area is 176 Å². The minimum atomic E-state index is -0.656. The summed E-state index contributed by atoms with van der Waals surface area (Å²) in [4.78, 5) is 0. The fourth-order valence-electron chi connectivity index (χ4n) is 3.07. The van der Waals surface area contributed by atoms with E-state index in [0.717, 1.165) is 33.3 Å². The number of furan rings is 1. The van der Waals surface area contributed by atoms with Crippen molar-refractivity contribution in [3.63, 3.8) is 0 Å². The molecule has 0 saturated heterocycles. The summed E-state index contributed by atoms with van der Waals surface area (Å²) < 4.78 is 36.4. The molecule has 0 radical (unpaired) electrons. The van der Waals surface area contributed by atoms with E-state index in [2.05, 4.69) is 20.6 Å². The van der Waals surface area contributed by atoms with Gasteiger partial charge in [-0.1, -0.05) is 0 Å². The van der Waals surface area contributed by atoms with E-state index in [4.69, 9.17) is 4.42 Å². The van der Waals surface area contributed by atoms with E-state index < -0.39 is 11.6 Å². The predicted molar refractivity (Wildman–Crippen MR) is 107 cm³/mol. The fraction of sp³-hybridized carbons (Fsp3) is 0.250. The molecule has 10 heteroatoms. The van der Waals surface area contributed by atoms with Crippen LogP contribution in [-0.4, -0.2) is 24.5 Å². The smallest absolute Gasteiger partial charge is 0.198 e. The molecule has 0 amide bonds. The van der Waals surface area contributed by atoms with Crippen molar-refractivity contribution in [1.29, 1.82) is 0 Å². The highest BCUT2D eigenvalue weighted by Gasteiger charge is 2.17. The standard InChI is InChI=1S/C20H20F2N6OS/c1-12(16-10-25-28(13(16)2)18-6-4-14(21)8-17(18)22)23-9-15-5-7-19(29-15)30-20-26-24-11-27(20)3/h4-8,10-12,23H,9H2,1-3H3/t12-/m1/s1. The third kappa shape index (κ3) is 4.14. The van der Waals surface area contributed by atoms with Gasteiger partial charge in [-0.05, 0) is 49.9 Å². The van der Waals surface area contributed by atoms with Gasteiger partial charge < -0.3 is 14.3 Å². The maximum atomic E-state index is 14.1. The summed E-state index contributed by atoms with van der Waals surface area (Å²) in [6, 6.07) is 7.19. The summed E-state index contributed by atoms with van der Waals surface area (Å²) >= 11 is 1.40. The van der Waals surface area contributed by atoms with E-state index in [-0.39, 0.29) is 11.7 Å². The Kier molecular flexibility index (Phi) is 5.69. The molecule has 0 spiro atoms. The van der Waals surface area contributed by atoms with Crippen molar-refractivity contribution in [2.45, 2.75) is 36.7 Å². The minimum Gasteiger partial charge on any atom is -0.453 e. The molecule has 0 unspecified atom stereocenters. The summed E-state index contributed by atoms with van der Waals surface area (Å²) in [6.07, 6.45) is 3.32. The van der Waals surface area contributed by atoms with Crippen molar-refractivity contribution in [3.05, 3.63) is 71.5 Å². The van der Waals surface area contributed by atoms with E-state index in [9.17, 15) is 8.78 Å². The van der Waals surface area contributed by atoms with Gasteiger partial charge in [0, 0.05) is 30.4 Å². The summed E-state index contributed by atoms with van der Waals surface area (Å²) in [6.45, 7) is 4.36. The molecule has 7 nitrogen and oxygen atoms in total. The highest BCUT2D eigenvalue weighted by Crippen LogP contribution is 2.28. The molecular weight excluding hydrogens is 410 g/mol. The molecule has 3 aromatic heterocycles. The van der Waals surface area contributed by atoms with Crippen LogP contribution in [0.1, 0.15) is 30.0 Å². The van der Waals surface area contributed by atoms with Crippen molar-refractivity contribution in [2.24, 2.45) is 7.05 Å². The van der Waals surface area contributed by atoms with E-state index >= 15 is 0 Å². The Balaban J connectivity index is 1.42. The lowest BCUT2D eigenvalue weighted by Gasteiger charge is -2.13. The SMILES string of the molecule is Cc1c([C@@H](C)NCc2ccc(Sc3nncn3C)o2)cnn1-c1ccc(F)cc1F. The van der Waals surface area contributed by atoms with Crippen molar-refractivity contribution >= 4 is 11.8 Å². The van der Waals surface area contributed by atoms with Gasteiger partial charge in [-0.25, -0.2) is 13.5 Å². The average Bonchev–Trinajstić information content (AvgIpc) is 3.42. The second-order valence-corrected chi connectivity index (χ2v) is 7.81. The first kappa shape index (κ1) is 20.3. The number of nitrogens with zero attached hydrogens (tertiary/aromatic N) is 5. The monoisotopic (exact) mass is 430 g/mol. The molecule has 0 bridgehead atoms. The first-order chi connectivity index (χ1) is 14.4. The van der Waals surface area contributed by atoms with E-state index in [1.165, 1.54) is 28.6 Å². The molecule has 0 aliphatic carbocycles. The van der Waals surface area contributed by atoms with E-state index in [1.807, 2.05) is 37.6 Å². The first-order valence-electron chi connectivity index (χ1n) is 9.26. The van der Waals surface area contributed by atoms with Crippen LogP contribution < -0.4 is 5.32 Å². The van der Waals surface area contributed by atoms with Gasteiger partial charge >= 0.3 is 0 Å². The van der Waals surface area contributed by atoms with Gasteiger partial charge in [0.2, 0.25) is 0 Å². The second-order valence-electron chi connectivity index (χ2n) is 6.84. The largest absolute Gasteiger partial charge is 0.453 e. The van der Waals surface area contributed by atoms with Gasteiger partial charge in [-0.3, -0.25) is 0 Å². The molecule has 30 heavy (non-hydrogen) atoms. The molecule has 4 rings (SSSR count). The molecule has 1 N–H and O–H groups in total. The van der Waals surface area contributed by atoms with Crippen LogP contribution in [0.3, 0.4) is 0 Å². The average molecular weight is 430 g/mol. The number of aryl methyl sites for hydroxylation is 1. The van der Waals surface area contributed by atoms with Crippen molar-refractivity contribution in [1.82, 2.24) is 29.9 Å². The van der Waals surface area contributed by atoms with Crippen LogP contribution in [-0.2, 0) is 13.6 Å². The zero-order valence-electron chi connectivity index (χ0n) is 16.6. The molecule has 0 fully saturated rings. The van der Waals surface area contributed by atoms with Gasteiger partial charge in [0.25, 0.3) is 0 Å². The second kappa shape index (κ2) is 8.41. The number of benzene rings is 1. The van der Waals surface area contributed by atoms with Crippen LogP contribution in [0.15, 0.2) is 57.5 Å². The van der Waals surface area contributed by atoms with Crippen molar-refractivity contribution < 1.29 is 13.2 Å². The molecule has 0 aliphatic rings. The highest BCUT2D eigenvalue weighted by molar-refractivity contribution is 7.99. The Hall–Kier alpha value is -2.98. The third-order valence-electron chi connectivity index (χ3n) is 4.73. The Morgan fingerprint density at radius 3 is 2.80 bits per heavy atom. The topological polar surface area (TPSA) is 73.7 Å². The van der Waals surface area contributed by atoms with Crippen LogP contribution in [0, 0.1) is 18.6 Å². The van der Waals surface area contributed by atoms with Crippen molar-refractivity contribution in [2.75, 3.05) is 0 Å². The van der Waals surface area contributed by atoms with Crippen LogP contribution in [0.25, 0.3) is 5.69 Å². The van der Waals surface area contributed by atoms with Gasteiger partial charge in [0.1, 0.15) is 23.6 Å². The zero-order valence-corrected chi connectivity index (χ0v) is 17.5. The number of hydrogen-bond donors (Lipinski definition) is 1. The number of hydrogen-bond acceptors (Lipinski definition) is 6. The highest BCUT2D eigenvalue weighted by atomic mass is 32.2. The van der Waals surface area contributed by atoms with Gasteiger partial charge in [0.15, 0.2) is 16.1 Å². The molecular formula is C20H20F2N6OS. The van der Waals surface area contributed by atoms with Crippen LogP contribution in [0.4, 0.5) is 8.78 Å². The maximum Gasteiger partial charge on any atom is 0.198 e. The Morgan fingerprint density at radius 1 is 1.23 bits per heavy atom. The molecule has 0 saturated carbocycles. The maximum absolute atomic E-state index is 14.1. The summed E-state index contributed by atoms with van der Waals surface area (Å²) in [5.41, 5.74) is 1.90. The summed E-state index contributed by atoms with van der Waals surface area (Å²) in [5, 5.41) is 17.0.